The minimum Gasteiger partial charge on any atom is -0.444 e. The van der Waals surface area contributed by atoms with Gasteiger partial charge in [0.15, 0.2) is 0 Å². The summed E-state index contributed by atoms with van der Waals surface area (Å²) >= 11 is 0. The van der Waals surface area contributed by atoms with Gasteiger partial charge < -0.3 is 9.47 Å². The van der Waals surface area contributed by atoms with Gasteiger partial charge >= 0.3 is 12.1 Å². The molecule has 140 valence electrons. The molecule has 1 amide bonds. The van der Waals surface area contributed by atoms with Gasteiger partial charge in [-0.2, -0.15) is 0 Å². The molecule has 0 spiro atoms. The molecular weight excluding hydrogens is 342 g/mol. The van der Waals surface area contributed by atoms with Crippen molar-refractivity contribution in [3.63, 3.8) is 0 Å². The second-order valence-corrected chi connectivity index (χ2v) is 6.99. The third-order valence-corrected chi connectivity index (χ3v) is 4.56. The van der Waals surface area contributed by atoms with Crippen molar-refractivity contribution in [2.75, 3.05) is 0 Å². The van der Waals surface area contributed by atoms with Crippen molar-refractivity contribution >= 4 is 12.1 Å². The molecule has 1 fully saturated rings. The van der Waals surface area contributed by atoms with Gasteiger partial charge in [-0.05, 0) is 19.4 Å². The zero-order valence-corrected chi connectivity index (χ0v) is 15.6. The maximum atomic E-state index is 13.0. The van der Waals surface area contributed by atoms with E-state index in [9.17, 15) is 9.59 Å². The summed E-state index contributed by atoms with van der Waals surface area (Å²) in [5, 5.41) is 0. The van der Waals surface area contributed by atoms with Crippen LogP contribution < -0.4 is 0 Å². The molecule has 0 radical (unpaired) electrons. The molecule has 1 saturated heterocycles. The van der Waals surface area contributed by atoms with E-state index in [4.69, 9.17) is 9.47 Å². The van der Waals surface area contributed by atoms with Crippen LogP contribution >= 0.6 is 0 Å². The SMILES string of the molecule is C=C(C)C[C@]1(C)C(=O)OC(c2ccccc2)N1C(=O)OCc1ccccc1. The zero-order valence-electron chi connectivity index (χ0n) is 15.6. The van der Waals surface area contributed by atoms with Crippen molar-refractivity contribution in [3.05, 3.63) is 83.9 Å². The Kier molecular flexibility index (Phi) is 5.31. The first-order chi connectivity index (χ1) is 12.9. The molecule has 2 atom stereocenters. The maximum Gasteiger partial charge on any atom is 0.414 e. The van der Waals surface area contributed by atoms with Gasteiger partial charge in [0.2, 0.25) is 6.23 Å². The number of benzene rings is 2. The van der Waals surface area contributed by atoms with Crippen molar-refractivity contribution in [1.29, 1.82) is 0 Å². The van der Waals surface area contributed by atoms with Gasteiger partial charge in [-0.15, -0.1) is 6.58 Å². The van der Waals surface area contributed by atoms with E-state index in [0.717, 1.165) is 11.1 Å². The molecule has 2 aromatic rings. The Hall–Kier alpha value is -3.08. The van der Waals surface area contributed by atoms with E-state index in [1.165, 1.54) is 4.90 Å². The highest BCUT2D eigenvalue weighted by Gasteiger charge is 2.55. The number of ether oxygens (including phenoxy) is 2. The van der Waals surface area contributed by atoms with Gasteiger partial charge in [0, 0.05) is 12.0 Å². The monoisotopic (exact) mass is 365 g/mol. The first kappa shape index (κ1) is 18.7. The fourth-order valence-corrected chi connectivity index (χ4v) is 3.30. The fraction of sp³-hybridized carbons (Fsp3) is 0.273. The molecule has 0 bridgehead atoms. The lowest BCUT2D eigenvalue weighted by Crippen LogP contribution is -2.49. The van der Waals surface area contributed by atoms with Crippen LogP contribution in [0, 0.1) is 0 Å². The Morgan fingerprint density at radius 2 is 1.74 bits per heavy atom. The van der Waals surface area contributed by atoms with Gasteiger partial charge in [0.05, 0.1) is 0 Å². The summed E-state index contributed by atoms with van der Waals surface area (Å²) in [6.07, 6.45) is -1.12. The van der Waals surface area contributed by atoms with Crippen molar-refractivity contribution in [1.82, 2.24) is 4.90 Å². The van der Waals surface area contributed by atoms with Gasteiger partial charge in [-0.25, -0.2) is 9.59 Å². The molecule has 1 heterocycles. The van der Waals surface area contributed by atoms with Crippen LogP contribution in [0.2, 0.25) is 0 Å². The molecule has 5 nitrogen and oxygen atoms in total. The molecule has 1 unspecified atom stereocenters. The van der Waals surface area contributed by atoms with Crippen LogP contribution in [-0.4, -0.2) is 22.5 Å². The minimum atomic E-state index is -1.17. The predicted octanol–water partition coefficient (Wildman–Crippen LogP) is 4.61. The lowest BCUT2D eigenvalue weighted by atomic mass is 9.92. The minimum absolute atomic E-state index is 0.120. The summed E-state index contributed by atoms with van der Waals surface area (Å²) < 4.78 is 11.1. The smallest absolute Gasteiger partial charge is 0.414 e. The van der Waals surface area contributed by atoms with E-state index >= 15 is 0 Å². The van der Waals surface area contributed by atoms with E-state index in [-0.39, 0.29) is 6.61 Å². The fourth-order valence-electron chi connectivity index (χ4n) is 3.30. The van der Waals surface area contributed by atoms with Gasteiger partial charge in [0.25, 0.3) is 0 Å². The molecule has 0 saturated carbocycles. The van der Waals surface area contributed by atoms with Gasteiger partial charge in [0.1, 0.15) is 12.1 Å². The number of amides is 1. The third-order valence-electron chi connectivity index (χ3n) is 4.56. The Labute approximate surface area is 159 Å². The maximum absolute atomic E-state index is 13.0. The molecule has 1 aliphatic rings. The van der Waals surface area contributed by atoms with E-state index in [1.807, 2.05) is 67.6 Å². The number of cyclic esters (lactones) is 1. The van der Waals surface area contributed by atoms with Crippen LogP contribution in [0.3, 0.4) is 0 Å². The summed E-state index contributed by atoms with van der Waals surface area (Å²) in [6.45, 7) is 7.53. The summed E-state index contributed by atoms with van der Waals surface area (Å²) in [7, 11) is 0. The second kappa shape index (κ2) is 7.66. The highest BCUT2D eigenvalue weighted by atomic mass is 16.6. The number of carbonyl (C=O) groups excluding carboxylic acids is 2. The highest BCUT2D eigenvalue weighted by molar-refractivity contribution is 5.89. The quantitative estimate of drug-likeness (QED) is 0.574. The Bertz CT molecular complexity index is 834. The average Bonchev–Trinajstić information content (AvgIpc) is 2.91. The number of nitrogens with zero attached hydrogens (tertiary/aromatic N) is 1. The van der Waals surface area contributed by atoms with Crippen LogP contribution in [0.4, 0.5) is 4.79 Å². The number of hydrogen-bond acceptors (Lipinski definition) is 4. The zero-order chi connectivity index (χ0) is 19.4. The molecule has 1 aliphatic heterocycles. The number of rotatable bonds is 5. The van der Waals surface area contributed by atoms with Crippen LogP contribution in [0.1, 0.15) is 37.6 Å². The standard InChI is InChI=1S/C22H23NO4/c1-16(2)14-22(3)20(24)27-19(18-12-8-5-9-13-18)23(22)21(25)26-15-17-10-6-4-7-11-17/h4-13,19H,1,14-15H2,2-3H3/t19?,22-/m1/s1. The second-order valence-electron chi connectivity index (χ2n) is 6.99. The average molecular weight is 365 g/mol. The molecular formula is C22H23NO4. The molecule has 0 N–H and O–H groups in total. The number of esters is 1. The molecule has 0 aromatic heterocycles. The van der Waals surface area contributed by atoms with Crippen LogP contribution in [0.15, 0.2) is 72.8 Å². The number of carbonyl (C=O) groups is 2. The van der Waals surface area contributed by atoms with Crippen molar-refractivity contribution in [3.8, 4) is 0 Å². The number of hydrogen-bond donors (Lipinski definition) is 0. The molecule has 0 aliphatic carbocycles. The Balaban J connectivity index is 1.89. The predicted molar refractivity (Wildman–Crippen MR) is 102 cm³/mol. The van der Waals surface area contributed by atoms with E-state index in [0.29, 0.717) is 12.0 Å². The van der Waals surface area contributed by atoms with Crippen LogP contribution in [0.25, 0.3) is 0 Å². The van der Waals surface area contributed by atoms with Crippen molar-refractivity contribution in [2.45, 2.75) is 38.6 Å². The summed E-state index contributed by atoms with van der Waals surface area (Å²) in [6, 6.07) is 18.6. The van der Waals surface area contributed by atoms with Crippen LogP contribution in [-0.2, 0) is 20.9 Å². The Morgan fingerprint density at radius 1 is 1.15 bits per heavy atom. The summed E-state index contributed by atoms with van der Waals surface area (Å²) in [4.78, 5) is 27.1. The first-order valence-electron chi connectivity index (χ1n) is 8.82. The van der Waals surface area contributed by atoms with Gasteiger partial charge in [-0.3, -0.25) is 4.90 Å². The van der Waals surface area contributed by atoms with Crippen molar-refractivity contribution < 1.29 is 19.1 Å². The molecule has 3 rings (SSSR count). The first-order valence-corrected chi connectivity index (χ1v) is 8.82. The highest BCUT2D eigenvalue weighted by Crippen LogP contribution is 2.41. The summed E-state index contributed by atoms with van der Waals surface area (Å²) in [5.74, 6) is -0.462. The topological polar surface area (TPSA) is 55.8 Å². The molecule has 2 aromatic carbocycles. The molecule has 5 heteroatoms. The van der Waals surface area contributed by atoms with Gasteiger partial charge in [-0.1, -0.05) is 66.2 Å². The van der Waals surface area contributed by atoms with Crippen molar-refractivity contribution in [2.24, 2.45) is 0 Å². The Morgan fingerprint density at radius 3 is 2.33 bits per heavy atom. The lowest BCUT2D eigenvalue weighted by Gasteiger charge is -2.32. The van der Waals surface area contributed by atoms with E-state index in [1.54, 1.807) is 6.92 Å². The summed E-state index contributed by atoms with van der Waals surface area (Å²) in [5.41, 5.74) is 1.20. The van der Waals surface area contributed by atoms with E-state index in [2.05, 4.69) is 6.58 Å². The van der Waals surface area contributed by atoms with Crippen LogP contribution in [0.5, 0.6) is 0 Å². The van der Waals surface area contributed by atoms with E-state index < -0.39 is 23.8 Å². The largest absolute Gasteiger partial charge is 0.444 e. The molecule has 27 heavy (non-hydrogen) atoms. The lowest BCUT2D eigenvalue weighted by molar-refractivity contribution is -0.145. The normalized spacial score (nSPS) is 21.6. The third kappa shape index (κ3) is 3.87.